The number of rotatable bonds is 9. The van der Waals surface area contributed by atoms with Crippen LogP contribution in [-0.4, -0.2) is 34.2 Å². The SMILES string of the molecule is C=C(NCCOc1cccc(Cn2ccnc2NC(C)=O)c1C)OC(C)(C)C. The normalized spacial score (nSPS) is 11.0. The average Bonchev–Trinajstić information content (AvgIpc) is 2.99. The summed E-state index contributed by atoms with van der Waals surface area (Å²) in [6.07, 6.45) is 3.50. The third-order valence-electron chi connectivity index (χ3n) is 3.85. The fraction of sp³-hybridized carbons (Fsp3) is 0.429. The van der Waals surface area contributed by atoms with Gasteiger partial charge in [0.05, 0.1) is 13.1 Å². The Morgan fingerprint density at radius 3 is 2.75 bits per heavy atom. The number of carbonyl (C=O) groups excluding carboxylic acids is 1. The quantitative estimate of drug-likeness (QED) is 0.510. The second-order valence-electron chi connectivity index (χ2n) is 7.51. The first kappa shape index (κ1) is 21.3. The third kappa shape index (κ3) is 6.64. The maximum atomic E-state index is 11.3. The Labute approximate surface area is 166 Å². The van der Waals surface area contributed by atoms with Crippen LogP contribution in [0.4, 0.5) is 5.95 Å². The van der Waals surface area contributed by atoms with E-state index in [4.69, 9.17) is 9.47 Å². The van der Waals surface area contributed by atoms with E-state index in [2.05, 4.69) is 22.2 Å². The van der Waals surface area contributed by atoms with Crippen LogP contribution in [0.25, 0.3) is 0 Å². The topological polar surface area (TPSA) is 77.4 Å². The van der Waals surface area contributed by atoms with Crippen molar-refractivity contribution in [2.45, 2.75) is 46.8 Å². The van der Waals surface area contributed by atoms with Gasteiger partial charge in [0, 0.05) is 19.3 Å². The first-order valence-electron chi connectivity index (χ1n) is 9.27. The van der Waals surface area contributed by atoms with Gasteiger partial charge in [0.15, 0.2) is 5.88 Å². The number of hydrogen-bond acceptors (Lipinski definition) is 5. The Hall–Kier alpha value is -2.96. The van der Waals surface area contributed by atoms with Gasteiger partial charge in [-0.1, -0.05) is 12.1 Å². The fourth-order valence-electron chi connectivity index (χ4n) is 2.65. The first-order valence-corrected chi connectivity index (χ1v) is 9.27. The zero-order valence-electron chi connectivity index (χ0n) is 17.3. The third-order valence-corrected chi connectivity index (χ3v) is 3.85. The van der Waals surface area contributed by atoms with Gasteiger partial charge in [-0.05, 0) is 51.5 Å². The van der Waals surface area contributed by atoms with Gasteiger partial charge in [-0.2, -0.15) is 0 Å². The molecule has 1 aromatic carbocycles. The molecule has 0 radical (unpaired) electrons. The minimum atomic E-state index is -0.278. The molecule has 1 aromatic heterocycles. The fourth-order valence-corrected chi connectivity index (χ4v) is 2.65. The van der Waals surface area contributed by atoms with Crippen molar-refractivity contribution in [3.05, 3.63) is 54.2 Å². The minimum Gasteiger partial charge on any atom is -0.491 e. The molecule has 28 heavy (non-hydrogen) atoms. The molecule has 152 valence electrons. The van der Waals surface area contributed by atoms with Crippen LogP contribution >= 0.6 is 0 Å². The van der Waals surface area contributed by atoms with Crippen LogP contribution < -0.4 is 15.4 Å². The lowest BCUT2D eigenvalue weighted by Crippen LogP contribution is -2.27. The zero-order chi connectivity index (χ0) is 20.7. The van der Waals surface area contributed by atoms with E-state index in [1.54, 1.807) is 6.20 Å². The summed E-state index contributed by atoms with van der Waals surface area (Å²) in [5, 5.41) is 5.84. The van der Waals surface area contributed by atoms with Crippen LogP contribution in [-0.2, 0) is 16.1 Å². The molecule has 0 spiro atoms. The number of ether oxygens (including phenoxy) is 2. The van der Waals surface area contributed by atoms with Crippen molar-refractivity contribution >= 4 is 11.9 Å². The number of amides is 1. The summed E-state index contributed by atoms with van der Waals surface area (Å²) < 4.78 is 13.4. The van der Waals surface area contributed by atoms with Crippen LogP contribution in [0.3, 0.4) is 0 Å². The van der Waals surface area contributed by atoms with Crippen LogP contribution in [0.5, 0.6) is 5.75 Å². The highest BCUT2D eigenvalue weighted by molar-refractivity contribution is 5.86. The molecule has 7 heteroatoms. The molecule has 7 nitrogen and oxygen atoms in total. The molecule has 0 aliphatic carbocycles. The average molecular weight is 386 g/mol. The van der Waals surface area contributed by atoms with Gasteiger partial charge in [-0.3, -0.25) is 10.1 Å². The van der Waals surface area contributed by atoms with Gasteiger partial charge >= 0.3 is 0 Å². The second-order valence-corrected chi connectivity index (χ2v) is 7.51. The molecule has 0 bridgehead atoms. The molecule has 2 aromatic rings. The van der Waals surface area contributed by atoms with Crippen LogP contribution in [0, 0.1) is 6.92 Å². The smallest absolute Gasteiger partial charge is 0.223 e. The van der Waals surface area contributed by atoms with Crippen molar-refractivity contribution in [3.8, 4) is 5.75 Å². The predicted molar refractivity (Wildman–Crippen MR) is 110 cm³/mol. The van der Waals surface area contributed by atoms with Crippen LogP contribution in [0.2, 0.25) is 0 Å². The Morgan fingerprint density at radius 1 is 1.32 bits per heavy atom. The van der Waals surface area contributed by atoms with Crippen LogP contribution in [0.15, 0.2) is 43.1 Å². The van der Waals surface area contributed by atoms with Crippen molar-refractivity contribution in [3.63, 3.8) is 0 Å². The van der Waals surface area contributed by atoms with E-state index in [-0.39, 0.29) is 11.5 Å². The number of hydrogen-bond donors (Lipinski definition) is 2. The number of nitrogens with zero attached hydrogens (tertiary/aromatic N) is 2. The number of nitrogens with one attached hydrogen (secondary N) is 2. The molecule has 0 saturated heterocycles. The van der Waals surface area contributed by atoms with Crippen molar-refractivity contribution in [1.29, 1.82) is 0 Å². The highest BCUT2D eigenvalue weighted by Gasteiger charge is 2.12. The molecule has 2 N–H and O–H groups in total. The summed E-state index contributed by atoms with van der Waals surface area (Å²) in [4.78, 5) is 15.5. The molecular formula is C21H30N4O3. The Bertz CT molecular complexity index is 821. The molecule has 0 atom stereocenters. The van der Waals surface area contributed by atoms with Crippen molar-refractivity contribution < 1.29 is 14.3 Å². The number of benzene rings is 1. The Kier molecular flexibility index (Phi) is 7.09. The number of imidazole rings is 1. The predicted octanol–water partition coefficient (Wildman–Crippen LogP) is 3.45. The highest BCUT2D eigenvalue weighted by Crippen LogP contribution is 2.23. The Balaban J connectivity index is 1.93. The molecule has 0 aliphatic rings. The molecule has 0 unspecified atom stereocenters. The number of carbonyl (C=O) groups is 1. The lowest BCUT2D eigenvalue weighted by Gasteiger charge is -2.23. The van der Waals surface area contributed by atoms with Gasteiger partial charge in [0.2, 0.25) is 11.9 Å². The van der Waals surface area contributed by atoms with Crippen molar-refractivity contribution in [2.24, 2.45) is 0 Å². The summed E-state index contributed by atoms with van der Waals surface area (Å²) in [7, 11) is 0. The lowest BCUT2D eigenvalue weighted by atomic mass is 10.1. The number of aromatic nitrogens is 2. The van der Waals surface area contributed by atoms with E-state index < -0.39 is 0 Å². The van der Waals surface area contributed by atoms with Gasteiger partial charge in [-0.25, -0.2) is 4.98 Å². The second kappa shape index (κ2) is 9.30. The summed E-state index contributed by atoms with van der Waals surface area (Å²) in [6, 6.07) is 5.95. The molecule has 0 fully saturated rings. The van der Waals surface area contributed by atoms with E-state index in [9.17, 15) is 4.79 Å². The molecular weight excluding hydrogens is 356 g/mol. The van der Waals surface area contributed by atoms with E-state index in [0.717, 1.165) is 16.9 Å². The van der Waals surface area contributed by atoms with Gasteiger partial charge < -0.3 is 19.4 Å². The summed E-state index contributed by atoms with van der Waals surface area (Å²) in [5.74, 6) is 1.74. The lowest BCUT2D eigenvalue weighted by molar-refractivity contribution is -0.114. The highest BCUT2D eigenvalue weighted by atomic mass is 16.5. The summed E-state index contributed by atoms with van der Waals surface area (Å²) in [5.41, 5.74) is 1.87. The van der Waals surface area contributed by atoms with E-state index in [1.807, 2.05) is 56.7 Å². The van der Waals surface area contributed by atoms with E-state index in [1.165, 1.54) is 6.92 Å². The van der Waals surface area contributed by atoms with E-state index in [0.29, 0.717) is 31.5 Å². The molecule has 0 saturated carbocycles. The van der Waals surface area contributed by atoms with Gasteiger partial charge in [-0.15, -0.1) is 0 Å². The number of anilines is 1. The monoisotopic (exact) mass is 386 g/mol. The molecule has 2 rings (SSSR count). The van der Waals surface area contributed by atoms with Crippen LogP contribution in [0.1, 0.15) is 38.8 Å². The first-order chi connectivity index (χ1) is 13.2. The summed E-state index contributed by atoms with van der Waals surface area (Å²) in [6.45, 7) is 14.9. The van der Waals surface area contributed by atoms with E-state index >= 15 is 0 Å². The van der Waals surface area contributed by atoms with Gasteiger partial charge in [0.25, 0.3) is 0 Å². The molecule has 1 heterocycles. The maximum absolute atomic E-state index is 11.3. The summed E-state index contributed by atoms with van der Waals surface area (Å²) >= 11 is 0. The van der Waals surface area contributed by atoms with Crippen molar-refractivity contribution in [2.75, 3.05) is 18.5 Å². The molecule has 1 amide bonds. The standard InChI is InChI=1S/C21H30N4O3/c1-15-18(14-25-12-10-23-20(25)24-16(2)26)8-7-9-19(15)27-13-11-22-17(3)28-21(4,5)6/h7-10,12,22H,3,11,13-14H2,1-2,4-6H3,(H,23,24,26). The van der Waals surface area contributed by atoms with Crippen molar-refractivity contribution in [1.82, 2.24) is 14.9 Å². The van der Waals surface area contributed by atoms with Gasteiger partial charge in [0.1, 0.15) is 18.0 Å². The zero-order valence-corrected chi connectivity index (χ0v) is 17.3. The molecule has 0 aliphatic heterocycles. The largest absolute Gasteiger partial charge is 0.491 e. The maximum Gasteiger partial charge on any atom is 0.223 e. The Morgan fingerprint density at radius 2 is 2.07 bits per heavy atom. The minimum absolute atomic E-state index is 0.147.